The molecule has 0 aromatic carbocycles. The van der Waals surface area contributed by atoms with Gasteiger partial charge in [0.25, 0.3) is 0 Å². The number of hydrogen-bond acceptors (Lipinski definition) is 4. The van der Waals surface area contributed by atoms with Crippen LogP contribution in [-0.2, 0) is 21.2 Å². The molecular weight excluding hydrogens is 292 g/mol. The molecule has 0 aliphatic heterocycles. The zero-order chi connectivity index (χ0) is 15.7. The molecule has 0 saturated heterocycles. The van der Waals surface area contributed by atoms with Gasteiger partial charge in [0, 0.05) is 19.0 Å². The third kappa shape index (κ3) is 3.28. The zero-order valence-electron chi connectivity index (χ0n) is 12.4. The fourth-order valence-corrected chi connectivity index (χ4v) is 3.53. The van der Waals surface area contributed by atoms with Crippen LogP contribution in [0.5, 0.6) is 0 Å². The van der Waals surface area contributed by atoms with Gasteiger partial charge in [0.05, 0.1) is 6.20 Å². The molecule has 0 amide bonds. The van der Waals surface area contributed by atoms with Gasteiger partial charge in [-0.3, -0.25) is 9.48 Å². The Labute approximate surface area is 125 Å². The summed E-state index contributed by atoms with van der Waals surface area (Å²) in [6.07, 6.45) is 9.52. The lowest BCUT2D eigenvalue weighted by Crippen LogP contribution is -2.43. The van der Waals surface area contributed by atoms with Crippen LogP contribution in [0.25, 0.3) is 0 Å². The van der Waals surface area contributed by atoms with E-state index >= 15 is 0 Å². The van der Waals surface area contributed by atoms with E-state index in [9.17, 15) is 18.3 Å². The lowest BCUT2D eigenvalue weighted by Gasteiger charge is -2.22. The number of sulfone groups is 1. The summed E-state index contributed by atoms with van der Waals surface area (Å²) in [4.78, 5) is 11.3. The predicted octanol–water partition coefficient (Wildman–Crippen LogP) is 1.82. The Bertz CT molecular complexity index is 617. The fourth-order valence-electron chi connectivity index (χ4n) is 2.75. The van der Waals surface area contributed by atoms with Crippen molar-refractivity contribution in [3.05, 3.63) is 18.0 Å². The van der Waals surface area contributed by atoms with Crippen LogP contribution in [0.1, 0.15) is 50.5 Å². The van der Waals surface area contributed by atoms with Crippen molar-refractivity contribution < 1.29 is 18.3 Å². The largest absolute Gasteiger partial charge is 0.480 e. The molecular formula is C14H22N2O4S. The Balaban J connectivity index is 2.06. The quantitative estimate of drug-likeness (QED) is 0.865. The Morgan fingerprint density at radius 3 is 2.62 bits per heavy atom. The minimum absolute atomic E-state index is 0.00690. The first-order valence-corrected chi connectivity index (χ1v) is 9.08. The van der Waals surface area contributed by atoms with Crippen LogP contribution in [0.2, 0.25) is 0 Å². The number of carbonyl (C=O) groups is 1. The van der Waals surface area contributed by atoms with Crippen molar-refractivity contribution >= 4 is 15.8 Å². The lowest BCUT2D eigenvalue weighted by atomic mass is 10.0. The number of hydrogen-bond donors (Lipinski definition) is 1. The minimum Gasteiger partial charge on any atom is -0.480 e. The van der Waals surface area contributed by atoms with Gasteiger partial charge in [-0.05, 0) is 37.7 Å². The number of aliphatic carboxylic acids is 1. The van der Waals surface area contributed by atoms with Gasteiger partial charge in [0.15, 0.2) is 14.6 Å². The van der Waals surface area contributed by atoms with Crippen molar-refractivity contribution in [2.24, 2.45) is 0 Å². The number of carboxylic acid groups (broad SMARTS) is 1. The number of rotatable bonds is 6. The summed E-state index contributed by atoms with van der Waals surface area (Å²) in [6.45, 7) is 1.54. The molecule has 1 aliphatic rings. The second-order valence-electron chi connectivity index (χ2n) is 6.08. The number of aromatic nitrogens is 2. The van der Waals surface area contributed by atoms with E-state index in [0.717, 1.165) is 6.26 Å². The van der Waals surface area contributed by atoms with E-state index in [4.69, 9.17) is 0 Å². The Kier molecular flexibility index (Phi) is 4.41. The summed E-state index contributed by atoms with van der Waals surface area (Å²) >= 11 is 0. The van der Waals surface area contributed by atoms with Gasteiger partial charge in [-0.2, -0.15) is 5.10 Å². The van der Waals surface area contributed by atoms with Crippen molar-refractivity contribution in [1.82, 2.24) is 9.78 Å². The monoisotopic (exact) mass is 314 g/mol. The molecule has 1 heterocycles. The second kappa shape index (κ2) is 5.79. The molecule has 0 radical (unpaired) electrons. The summed E-state index contributed by atoms with van der Waals surface area (Å²) < 4.78 is 23.3. The molecule has 2 rings (SSSR count). The first-order valence-electron chi connectivity index (χ1n) is 7.19. The summed E-state index contributed by atoms with van der Waals surface area (Å²) in [5.74, 6) is -0.771. The van der Waals surface area contributed by atoms with Crippen LogP contribution in [0.15, 0.2) is 12.4 Å². The van der Waals surface area contributed by atoms with Crippen molar-refractivity contribution in [2.45, 2.75) is 56.2 Å². The lowest BCUT2D eigenvalue weighted by molar-refractivity contribution is -0.139. The summed E-state index contributed by atoms with van der Waals surface area (Å²) in [7, 11) is -3.68. The average Bonchev–Trinajstić information content (AvgIpc) is 3.04. The summed E-state index contributed by atoms with van der Waals surface area (Å²) in [5, 5.41) is 13.4. The van der Waals surface area contributed by atoms with Crippen LogP contribution < -0.4 is 0 Å². The number of nitrogens with zero attached hydrogens (tertiary/aromatic N) is 2. The van der Waals surface area contributed by atoms with Crippen LogP contribution in [0.3, 0.4) is 0 Å². The van der Waals surface area contributed by atoms with Crippen LogP contribution in [0.4, 0.5) is 0 Å². The number of aryl methyl sites for hydroxylation is 1. The van der Waals surface area contributed by atoms with Gasteiger partial charge in [0.1, 0.15) is 0 Å². The van der Waals surface area contributed by atoms with Gasteiger partial charge >= 0.3 is 5.97 Å². The number of carboxylic acids is 1. The normalized spacial score (nSPS) is 19.5. The molecule has 1 aliphatic carbocycles. The van der Waals surface area contributed by atoms with Crippen molar-refractivity contribution in [3.8, 4) is 0 Å². The van der Waals surface area contributed by atoms with Gasteiger partial charge in [-0.1, -0.05) is 12.8 Å². The smallest absolute Gasteiger partial charge is 0.324 e. The molecule has 1 N–H and O–H groups in total. The van der Waals surface area contributed by atoms with Crippen molar-refractivity contribution in [1.29, 1.82) is 0 Å². The maximum Gasteiger partial charge on any atom is 0.324 e. The molecule has 1 saturated carbocycles. The maximum absolute atomic E-state index is 11.7. The standard InChI is InChI=1S/C14H22N2O4S/c1-14(13(17)18,21(2,19)20)7-8-16-10-12(9-15-16)11-5-3-4-6-11/h9-11H,3-8H2,1-2H3,(H,17,18)/t14-/m1/s1. The van der Waals surface area contributed by atoms with Gasteiger partial charge in [-0.25, -0.2) is 8.42 Å². The summed E-state index contributed by atoms with van der Waals surface area (Å²) in [5.41, 5.74) is 1.17. The van der Waals surface area contributed by atoms with Crippen LogP contribution in [0, 0.1) is 0 Å². The summed E-state index contributed by atoms with van der Waals surface area (Å²) in [6, 6.07) is 0. The molecule has 118 valence electrons. The minimum atomic E-state index is -3.68. The highest BCUT2D eigenvalue weighted by molar-refractivity contribution is 7.92. The van der Waals surface area contributed by atoms with Gasteiger partial charge in [0.2, 0.25) is 0 Å². The molecule has 0 spiro atoms. The van der Waals surface area contributed by atoms with E-state index in [1.54, 1.807) is 4.68 Å². The molecule has 0 unspecified atom stereocenters. The molecule has 0 bridgehead atoms. The Morgan fingerprint density at radius 1 is 1.48 bits per heavy atom. The van der Waals surface area contributed by atoms with Gasteiger partial charge in [-0.15, -0.1) is 0 Å². The highest BCUT2D eigenvalue weighted by Crippen LogP contribution is 2.33. The molecule has 1 aromatic heterocycles. The highest BCUT2D eigenvalue weighted by Gasteiger charge is 2.43. The van der Waals surface area contributed by atoms with Crippen molar-refractivity contribution in [2.75, 3.05) is 6.26 Å². The van der Waals surface area contributed by atoms with Crippen LogP contribution >= 0.6 is 0 Å². The van der Waals surface area contributed by atoms with E-state index in [2.05, 4.69) is 5.10 Å². The van der Waals surface area contributed by atoms with Gasteiger partial charge < -0.3 is 5.11 Å². The Morgan fingerprint density at radius 2 is 2.10 bits per heavy atom. The first-order chi connectivity index (χ1) is 9.74. The molecule has 1 fully saturated rings. The third-order valence-corrected chi connectivity index (χ3v) is 6.58. The SMILES string of the molecule is C[C@@](CCn1cc(C2CCCC2)cn1)(C(=O)O)S(C)(=O)=O. The van der Waals surface area contributed by atoms with E-state index in [1.165, 1.54) is 38.2 Å². The topological polar surface area (TPSA) is 89.3 Å². The average molecular weight is 314 g/mol. The molecule has 7 heteroatoms. The van der Waals surface area contributed by atoms with Crippen LogP contribution in [-0.4, -0.2) is 40.3 Å². The van der Waals surface area contributed by atoms with Crippen molar-refractivity contribution in [3.63, 3.8) is 0 Å². The molecule has 6 nitrogen and oxygen atoms in total. The predicted molar refractivity (Wildman–Crippen MR) is 78.9 cm³/mol. The molecule has 1 aromatic rings. The van der Waals surface area contributed by atoms with E-state index in [1.807, 2.05) is 12.4 Å². The second-order valence-corrected chi connectivity index (χ2v) is 8.52. The van der Waals surface area contributed by atoms with E-state index < -0.39 is 20.6 Å². The fraction of sp³-hybridized carbons (Fsp3) is 0.714. The maximum atomic E-state index is 11.7. The molecule has 21 heavy (non-hydrogen) atoms. The zero-order valence-corrected chi connectivity index (χ0v) is 13.3. The molecule has 1 atom stereocenters. The van der Waals surface area contributed by atoms with E-state index in [0.29, 0.717) is 5.92 Å². The van der Waals surface area contributed by atoms with E-state index in [-0.39, 0.29) is 13.0 Å². The first kappa shape index (κ1) is 16.0. The highest BCUT2D eigenvalue weighted by atomic mass is 32.2. The Hall–Kier alpha value is -1.37. The third-order valence-electron chi connectivity index (χ3n) is 4.57.